The summed E-state index contributed by atoms with van der Waals surface area (Å²) in [5.74, 6) is 3.32. The average Bonchev–Trinajstić information content (AvgIpc) is 1.54. The summed E-state index contributed by atoms with van der Waals surface area (Å²) in [7, 11) is 0. The maximum absolute atomic E-state index is 6.68. The van der Waals surface area contributed by atoms with E-state index in [0.29, 0.717) is 34.9 Å². The summed E-state index contributed by atoms with van der Waals surface area (Å²) in [5.41, 5.74) is 25.3. The van der Waals surface area contributed by atoms with Crippen LogP contribution >= 0.6 is 0 Å². The van der Waals surface area contributed by atoms with Gasteiger partial charge in [-0.05, 0) is 242 Å². The first-order chi connectivity index (χ1) is 67.3. The number of fused-ring (bicyclic) bond motifs is 20. The lowest BCUT2D eigenvalue weighted by Gasteiger charge is -2.16. The molecule has 28 aromatic rings. The van der Waals surface area contributed by atoms with Gasteiger partial charge in [-0.25, -0.2) is 29.9 Å². The van der Waals surface area contributed by atoms with E-state index in [2.05, 4.69) is 428 Å². The minimum atomic E-state index is 0.540. The normalized spacial score (nSPS) is 12.0. The topological polar surface area (TPSA) is 113 Å². The molecule has 10 heteroatoms. The van der Waals surface area contributed by atoms with E-state index in [1.165, 1.54) is 53.9 Å². The van der Waals surface area contributed by atoms with Gasteiger partial charge in [-0.15, -0.1) is 0 Å². The number of benzene rings is 22. The molecule has 0 unspecified atom stereocenters. The Hall–Kier alpha value is -18.4. The molecule has 0 amide bonds. The Labute approximate surface area is 778 Å². The first-order valence-corrected chi connectivity index (χ1v) is 46.1. The molecule has 0 aliphatic heterocycles. The fraction of sp³-hybridized carbons (Fsp3) is 0. The lowest BCUT2D eigenvalue weighted by Crippen LogP contribution is -2.02. The molecule has 0 bridgehead atoms. The third-order valence-electron chi connectivity index (χ3n) is 27.8. The van der Waals surface area contributed by atoms with E-state index in [1.807, 2.05) is 30.3 Å². The van der Waals surface area contributed by atoms with Crippen molar-refractivity contribution in [1.82, 2.24) is 39.0 Å². The van der Waals surface area contributed by atoms with Crippen LogP contribution in [0.15, 0.2) is 458 Å². The van der Waals surface area contributed by atoms with E-state index in [0.717, 1.165) is 199 Å². The number of hydrogen-bond acceptors (Lipinski definition) is 8. The molecule has 6 heterocycles. The Bertz CT molecular complexity index is 9900. The summed E-state index contributed by atoms with van der Waals surface area (Å²) >= 11 is 0. The molecule has 136 heavy (non-hydrogen) atoms. The van der Waals surface area contributed by atoms with Crippen LogP contribution < -0.4 is 0 Å². The Morgan fingerprint density at radius 3 is 0.971 bits per heavy atom. The molecule has 630 valence electrons. The number of aromatic nitrogens is 8. The molecule has 0 aliphatic carbocycles. The van der Waals surface area contributed by atoms with Gasteiger partial charge in [-0.1, -0.05) is 328 Å². The number of hydrogen-bond donors (Lipinski definition) is 0. The van der Waals surface area contributed by atoms with Crippen LogP contribution in [0.2, 0.25) is 0 Å². The molecule has 0 spiro atoms. The number of nitrogens with zero attached hydrogens (tertiary/aromatic N) is 8. The molecule has 22 aromatic carbocycles. The highest BCUT2D eigenvalue weighted by Gasteiger charge is 2.27. The average molecular weight is 1730 g/mol. The summed E-state index contributed by atoms with van der Waals surface area (Å²) in [6.45, 7) is 0. The van der Waals surface area contributed by atoms with Crippen LogP contribution in [-0.4, -0.2) is 39.0 Å². The number of rotatable bonds is 13. The molecule has 0 saturated heterocycles. The summed E-state index contributed by atoms with van der Waals surface area (Å²) in [5, 5.41) is 22.7. The molecule has 6 aromatic heterocycles. The molecule has 28 rings (SSSR count). The van der Waals surface area contributed by atoms with Gasteiger partial charge in [0.05, 0.1) is 22.1 Å². The molecule has 0 fully saturated rings. The fourth-order valence-electron chi connectivity index (χ4n) is 21.2. The zero-order chi connectivity index (χ0) is 89.2. The second kappa shape index (κ2) is 30.6. The highest BCUT2D eigenvalue weighted by Crippen LogP contribution is 2.48. The van der Waals surface area contributed by atoms with Crippen LogP contribution in [0.3, 0.4) is 0 Å². The largest absolute Gasteiger partial charge is 0.456 e. The van der Waals surface area contributed by atoms with E-state index in [-0.39, 0.29) is 0 Å². The molecule has 0 saturated carbocycles. The Balaban J connectivity index is 0.541. The van der Waals surface area contributed by atoms with E-state index >= 15 is 0 Å². The van der Waals surface area contributed by atoms with Crippen molar-refractivity contribution in [3.05, 3.63) is 449 Å². The first-order valence-electron chi connectivity index (χ1n) is 46.1. The van der Waals surface area contributed by atoms with Gasteiger partial charge in [0.25, 0.3) is 0 Å². The lowest BCUT2D eigenvalue weighted by molar-refractivity contribution is 0.668. The highest BCUT2D eigenvalue weighted by molar-refractivity contribution is 6.19. The van der Waals surface area contributed by atoms with E-state index in [9.17, 15) is 0 Å². The van der Waals surface area contributed by atoms with Crippen molar-refractivity contribution in [2.75, 3.05) is 0 Å². The number of para-hydroxylation sites is 4. The van der Waals surface area contributed by atoms with E-state index < -0.39 is 0 Å². The second-order valence-corrected chi connectivity index (χ2v) is 35.5. The minimum Gasteiger partial charge on any atom is -0.456 e. The molecular formula is C126H74N8O2. The molecule has 10 nitrogen and oxygen atoms in total. The minimum absolute atomic E-state index is 0.540. The smallest absolute Gasteiger partial charge is 0.164 e. The third kappa shape index (κ3) is 12.6. The molecule has 0 atom stereocenters. The summed E-state index contributed by atoms with van der Waals surface area (Å²) in [6.07, 6.45) is 0. The van der Waals surface area contributed by atoms with Crippen molar-refractivity contribution < 1.29 is 8.83 Å². The third-order valence-corrected chi connectivity index (χ3v) is 27.8. The van der Waals surface area contributed by atoms with Crippen molar-refractivity contribution in [2.24, 2.45) is 0 Å². The van der Waals surface area contributed by atoms with Crippen molar-refractivity contribution in [2.45, 2.75) is 0 Å². The predicted molar refractivity (Wildman–Crippen MR) is 561 cm³/mol. The fourth-order valence-corrected chi connectivity index (χ4v) is 21.2. The monoisotopic (exact) mass is 1730 g/mol. The maximum Gasteiger partial charge on any atom is 0.164 e. The number of furan rings is 2. The van der Waals surface area contributed by atoms with Gasteiger partial charge in [-0.3, -0.25) is 0 Å². The predicted octanol–water partition coefficient (Wildman–Crippen LogP) is 33.3. The zero-order valence-electron chi connectivity index (χ0n) is 73.1. The Morgan fingerprint density at radius 1 is 0.147 bits per heavy atom. The second-order valence-electron chi connectivity index (χ2n) is 35.5. The van der Waals surface area contributed by atoms with Crippen molar-refractivity contribution in [3.8, 4) is 135 Å². The van der Waals surface area contributed by atoms with Crippen LogP contribution in [0.25, 0.3) is 287 Å². The molecular weight excluding hydrogens is 1660 g/mol. The van der Waals surface area contributed by atoms with Crippen molar-refractivity contribution in [3.63, 3.8) is 0 Å². The summed E-state index contributed by atoms with van der Waals surface area (Å²) < 4.78 is 18.1. The van der Waals surface area contributed by atoms with Crippen LogP contribution in [-0.2, 0) is 0 Å². The van der Waals surface area contributed by atoms with Crippen LogP contribution in [0.4, 0.5) is 0 Å². The van der Waals surface area contributed by atoms with Gasteiger partial charge in [-0.2, -0.15) is 0 Å². The van der Waals surface area contributed by atoms with Crippen LogP contribution in [0.1, 0.15) is 0 Å². The van der Waals surface area contributed by atoms with Crippen molar-refractivity contribution >= 4 is 152 Å². The van der Waals surface area contributed by atoms with Gasteiger partial charge in [0.1, 0.15) is 22.3 Å². The zero-order valence-corrected chi connectivity index (χ0v) is 73.1. The lowest BCUT2D eigenvalue weighted by atomic mass is 9.94. The van der Waals surface area contributed by atoms with Gasteiger partial charge in [0.15, 0.2) is 34.9 Å². The summed E-state index contributed by atoms with van der Waals surface area (Å²) in [6, 6.07) is 161. The molecule has 0 aliphatic rings. The standard InChI is InChI=1S/C126H74N8O2/c1-2-21-75(22-3-1)76-47-50-80(51-48-76)121-127-122(130-125(129-121)103-63-58-93(73-107(103)101-35-19-41-117-119(101)105-33-12-16-39-115(105)135-117)133-111-37-14-10-31-99(111)109-69-82-24-4-6-26-84(82)71-113(109)133)90-29-18-28-81(66-90)77-43-45-78(46-44-77)86-55-60-97-87(65-86)53-54-89-68-92(57-62-98(89)97)124-128-123(91-56-61-96-88(67-91)52-49-79-23-8-9-30-95(79)96)131-126(132-124)104-64-59-94(74-108(104)102-36-20-42-118-120(102)106-34-13-17-40-116(106)136-118)134-112-38-15-11-32-100(112)110-70-83-25-5-7-27-85(83)72-114(110)134/h1-74H. The van der Waals surface area contributed by atoms with E-state index in [1.54, 1.807) is 0 Å². The SMILES string of the molecule is c1ccc(-c2ccc(-c3nc(-c4cccc(-c5ccc(-c6ccc7c(ccc8cc(-c9nc(-c%10ccc%11c(ccc%12ccccc%12%11)c%10)nc(-c%10ccc(-n%11c%12ccccc%12c%12cc%13ccccc%13cc%12%11)cc%10-c%10cccc%11oc%12ccccc%12c%10%11)n9)ccc87)c6)cc5)c4)nc(-c4ccc(-n5c6ccccc6c6cc7ccccc7cc65)cc4-c4cccc5oc6ccccc6c45)n3)cc2)cc1. The van der Waals surface area contributed by atoms with Gasteiger partial charge in [0, 0.05) is 87.8 Å². The van der Waals surface area contributed by atoms with Gasteiger partial charge < -0.3 is 18.0 Å². The molecule has 0 N–H and O–H groups in total. The Kier molecular flexibility index (Phi) is 17.2. The maximum atomic E-state index is 6.68. The van der Waals surface area contributed by atoms with Gasteiger partial charge >= 0.3 is 0 Å². The summed E-state index contributed by atoms with van der Waals surface area (Å²) in [4.78, 5) is 33.3. The highest BCUT2D eigenvalue weighted by atomic mass is 16.3. The van der Waals surface area contributed by atoms with Gasteiger partial charge in [0.2, 0.25) is 0 Å². The Morgan fingerprint density at radius 2 is 0.471 bits per heavy atom. The molecule has 0 radical (unpaired) electrons. The van der Waals surface area contributed by atoms with Crippen LogP contribution in [0.5, 0.6) is 0 Å². The van der Waals surface area contributed by atoms with E-state index in [4.69, 9.17) is 38.7 Å². The quantitative estimate of drug-likeness (QED) is 0.105. The first kappa shape index (κ1) is 76.5. The van der Waals surface area contributed by atoms with Crippen LogP contribution in [0, 0.1) is 0 Å². The van der Waals surface area contributed by atoms with Crippen molar-refractivity contribution in [1.29, 1.82) is 0 Å².